The third-order valence-electron chi connectivity index (χ3n) is 6.82. The van der Waals surface area contributed by atoms with Gasteiger partial charge in [0.05, 0.1) is 31.7 Å². The summed E-state index contributed by atoms with van der Waals surface area (Å²) in [7, 11) is 3.26. The maximum atomic E-state index is 12.8. The van der Waals surface area contributed by atoms with Gasteiger partial charge in [0.1, 0.15) is 23.9 Å². The van der Waals surface area contributed by atoms with Crippen LogP contribution >= 0.6 is 11.3 Å². The lowest BCUT2D eigenvalue weighted by Gasteiger charge is -2.24. The summed E-state index contributed by atoms with van der Waals surface area (Å²) >= 11 is 0.990. The molecule has 4 rings (SSSR count). The van der Waals surface area contributed by atoms with Crippen LogP contribution in [0.1, 0.15) is 45.7 Å². The number of hydrogen-bond acceptors (Lipinski definition) is 8. The minimum Gasteiger partial charge on any atom is -0.496 e. The molecule has 9 nitrogen and oxygen atoms in total. The van der Waals surface area contributed by atoms with E-state index in [1.165, 1.54) is 0 Å². The number of nitrogens with zero attached hydrogens (tertiary/aromatic N) is 1. The number of H-pyrrole nitrogens is 1. The molecule has 198 valence electrons. The van der Waals surface area contributed by atoms with E-state index in [1.807, 2.05) is 52.0 Å². The number of carbonyl (C=O) groups excluding carboxylic acids is 1. The fourth-order valence-electron chi connectivity index (χ4n) is 4.73. The Balaban J connectivity index is 1.42. The molecule has 0 aliphatic carbocycles. The Kier molecular flexibility index (Phi) is 7.68. The summed E-state index contributed by atoms with van der Waals surface area (Å²) in [4.78, 5) is 28.5. The number of aromatic nitrogens is 1. The summed E-state index contributed by atoms with van der Waals surface area (Å²) in [5.74, 6) is 2.04. The van der Waals surface area contributed by atoms with Crippen LogP contribution in [0.25, 0.3) is 0 Å². The molecule has 2 atom stereocenters. The molecule has 1 aliphatic rings. The van der Waals surface area contributed by atoms with Gasteiger partial charge >= 0.3 is 11.0 Å². The smallest absolute Gasteiger partial charge is 0.410 e. The van der Waals surface area contributed by atoms with Crippen molar-refractivity contribution in [2.45, 2.75) is 46.3 Å². The number of rotatable bonds is 9. The van der Waals surface area contributed by atoms with Crippen molar-refractivity contribution >= 4 is 17.4 Å². The first-order valence-electron chi connectivity index (χ1n) is 12.0. The van der Waals surface area contributed by atoms with E-state index in [9.17, 15) is 14.7 Å². The van der Waals surface area contributed by atoms with Crippen molar-refractivity contribution in [1.29, 1.82) is 0 Å². The molecular weight excluding hydrogens is 496 g/mol. The Morgan fingerprint density at radius 3 is 2.32 bits per heavy atom. The monoisotopic (exact) mass is 528 g/mol. The molecule has 0 saturated carbocycles. The highest BCUT2D eigenvalue weighted by atomic mass is 32.1. The molecule has 0 spiro atoms. The number of aromatic amines is 1. The Bertz CT molecular complexity index is 1350. The average molecular weight is 529 g/mol. The molecule has 2 heterocycles. The van der Waals surface area contributed by atoms with Crippen LogP contribution < -0.4 is 19.1 Å². The predicted molar refractivity (Wildman–Crippen MR) is 140 cm³/mol. The van der Waals surface area contributed by atoms with Crippen LogP contribution in [0.2, 0.25) is 0 Å². The van der Waals surface area contributed by atoms with Gasteiger partial charge in [-0.2, -0.15) is 0 Å². The lowest BCUT2D eigenvalue weighted by atomic mass is 9.93. The number of hydrogen-bond donors (Lipinski definition) is 2. The SMILES string of the molecule is COc1c(C)c(C)c(OC)c(C2CN(C(C)COc3ccc(Cc4sc(=O)[nH]c4O)cc3)C(=O)O2)c1C. The lowest BCUT2D eigenvalue weighted by molar-refractivity contribution is 0.121. The summed E-state index contributed by atoms with van der Waals surface area (Å²) in [5.41, 5.74) is 4.60. The second kappa shape index (κ2) is 10.8. The van der Waals surface area contributed by atoms with Crippen molar-refractivity contribution in [2.75, 3.05) is 27.4 Å². The highest BCUT2D eigenvalue weighted by Gasteiger charge is 2.39. The van der Waals surface area contributed by atoms with Crippen LogP contribution in [0.15, 0.2) is 29.1 Å². The molecule has 3 aromatic rings. The Morgan fingerprint density at radius 1 is 1.08 bits per heavy atom. The van der Waals surface area contributed by atoms with Gasteiger partial charge in [-0.3, -0.25) is 14.7 Å². The largest absolute Gasteiger partial charge is 0.496 e. The average Bonchev–Trinajstić information content (AvgIpc) is 3.41. The minimum atomic E-state index is -0.488. The topological polar surface area (TPSA) is 110 Å². The summed E-state index contributed by atoms with van der Waals surface area (Å²) in [5, 5.41) is 9.78. The second-order valence-corrected chi connectivity index (χ2v) is 10.2. The molecule has 10 heteroatoms. The maximum absolute atomic E-state index is 12.8. The zero-order valence-corrected chi connectivity index (χ0v) is 22.7. The number of benzene rings is 2. The molecule has 2 N–H and O–H groups in total. The van der Waals surface area contributed by atoms with E-state index in [4.69, 9.17) is 18.9 Å². The molecule has 2 unspecified atom stereocenters. The Morgan fingerprint density at radius 2 is 1.73 bits per heavy atom. The minimum absolute atomic E-state index is 0.0907. The van der Waals surface area contributed by atoms with Crippen LogP contribution in [-0.4, -0.2) is 54.5 Å². The molecule has 0 bridgehead atoms. The molecule has 1 saturated heterocycles. The first-order valence-corrected chi connectivity index (χ1v) is 12.8. The molecule has 1 aliphatic heterocycles. The van der Waals surface area contributed by atoms with Gasteiger partial charge in [-0.1, -0.05) is 23.5 Å². The van der Waals surface area contributed by atoms with E-state index in [-0.39, 0.29) is 23.4 Å². The first-order chi connectivity index (χ1) is 17.6. The van der Waals surface area contributed by atoms with E-state index < -0.39 is 12.2 Å². The molecule has 2 aromatic carbocycles. The third-order valence-corrected chi connectivity index (χ3v) is 7.69. The first kappa shape index (κ1) is 26.4. The van der Waals surface area contributed by atoms with E-state index in [0.29, 0.717) is 29.3 Å². The Hall–Kier alpha value is -3.66. The fraction of sp³-hybridized carbons (Fsp3) is 0.407. The van der Waals surface area contributed by atoms with Crippen molar-refractivity contribution in [3.05, 3.63) is 66.6 Å². The second-order valence-electron chi connectivity index (χ2n) is 9.15. The van der Waals surface area contributed by atoms with Crippen LogP contribution in [0.4, 0.5) is 4.79 Å². The summed E-state index contributed by atoms with van der Waals surface area (Å²) in [6, 6.07) is 7.19. The maximum Gasteiger partial charge on any atom is 0.410 e. The molecule has 1 aromatic heterocycles. The molecule has 37 heavy (non-hydrogen) atoms. The summed E-state index contributed by atoms with van der Waals surface area (Å²) < 4.78 is 23.1. The number of nitrogens with one attached hydrogen (secondary N) is 1. The number of ether oxygens (including phenoxy) is 4. The van der Waals surface area contributed by atoms with Crippen LogP contribution in [0, 0.1) is 20.8 Å². The van der Waals surface area contributed by atoms with E-state index in [0.717, 1.165) is 44.9 Å². The normalized spacial score (nSPS) is 16.0. The van der Waals surface area contributed by atoms with Gasteiger partial charge in [-0.15, -0.1) is 0 Å². The highest BCUT2D eigenvalue weighted by Crippen LogP contribution is 2.43. The zero-order valence-electron chi connectivity index (χ0n) is 21.8. The van der Waals surface area contributed by atoms with Crippen molar-refractivity contribution in [1.82, 2.24) is 9.88 Å². The molecule has 0 radical (unpaired) electrons. The number of cyclic esters (lactones) is 1. The lowest BCUT2D eigenvalue weighted by Crippen LogP contribution is -2.38. The Labute approximate surface area is 219 Å². The van der Waals surface area contributed by atoms with Gasteiger partial charge in [-0.05, 0) is 56.5 Å². The zero-order chi connectivity index (χ0) is 26.9. The fourth-order valence-corrected chi connectivity index (χ4v) is 5.49. The van der Waals surface area contributed by atoms with Crippen molar-refractivity contribution in [3.8, 4) is 23.1 Å². The van der Waals surface area contributed by atoms with E-state index >= 15 is 0 Å². The highest BCUT2D eigenvalue weighted by molar-refractivity contribution is 7.09. The van der Waals surface area contributed by atoms with E-state index in [1.54, 1.807) is 19.1 Å². The van der Waals surface area contributed by atoms with Crippen molar-refractivity contribution in [2.24, 2.45) is 0 Å². The molecule has 1 amide bonds. The van der Waals surface area contributed by atoms with Crippen molar-refractivity contribution in [3.63, 3.8) is 0 Å². The number of methoxy groups -OCH3 is 2. The quantitative estimate of drug-likeness (QED) is 0.416. The van der Waals surface area contributed by atoms with Gasteiger partial charge < -0.3 is 24.1 Å². The van der Waals surface area contributed by atoms with Gasteiger partial charge in [0.25, 0.3) is 0 Å². The third kappa shape index (κ3) is 5.24. The number of amides is 1. The summed E-state index contributed by atoms with van der Waals surface area (Å²) in [6.45, 7) is 8.48. The van der Waals surface area contributed by atoms with Crippen LogP contribution in [-0.2, 0) is 11.2 Å². The number of carbonyl (C=O) groups is 1. The molecule has 1 fully saturated rings. The van der Waals surface area contributed by atoms with Gasteiger partial charge in [0, 0.05) is 17.5 Å². The molecular formula is C27H32N2O7S. The van der Waals surface area contributed by atoms with E-state index in [2.05, 4.69) is 4.98 Å². The van der Waals surface area contributed by atoms with Crippen LogP contribution in [0.3, 0.4) is 0 Å². The van der Waals surface area contributed by atoms with Crippen LogP contribution in [0.5, 0.6) is 23.1 Å². The summed E-state index contributed by atoms with van der Waals surface area (Å²) in [6.07, 6.45) is -0.447. The van der Waals surface area contributed by atoms with Gasteiger partial charge in [0.15, 0.2) is 6.10 Å². The predicted octanol–water partition coefficient (Wildman–Crippen LogP) is 4.64. The van der Waals surface area contributed by atoms with Gasteiger partial charge in [-0.25, -0.2) is 4.79 Å². The number of thiazole rings is 1. The van der Waals surface area contributed by atoms with Crippen molar-refractivity contribution < 1.29 is 28.8 Å². The van der Waals surface area contributed by atoms with Gasteiger partial charge in [0.2, 0.25) is 5.88 Å². The number of aromatic hydroxyl groups is 1. The standard InChI is InChI=1S/C27H32N2O7S/c1-14(13-35-19-9-7-18(8-10-19)11-21-25(30)28-26(31)37-21)29-12-20(36-27(29)32)22-17(4)23(33-5)15(2)16(3)24(22)34-6/h7-10,14,20,30H,11-13H2,1-6H3,(H,28,31).